The molecule has 5 heteroatoms. The second-order valence-corrected chi connectivity index (χ2v) is 6.73. The van der Waals surface area contributed by atoms with E-state index in [1.807, 2.05) is 61.6 Å². The van der Waals surface area contributed by atoms with Gasteiger partial charge in [-0.1, -0.05) is 30.3 Å². The Labute approximate surface area is 154 Å². The molecule has 26 heavy (non-hydrogen) atoms. The lowest BCUT2D eigenvalue weighted by atomic mass is 9.81. The first kappa shape index (κ1) is 18.1. The Morgan fingerprint density at radius 2 is 2.04 bits per heavy atom. The topological polar surface area (TPSA) is 56.6 Å². The van der Waals surface area contributed by atoms with E-state index < -0.39 is 6.10 Å². The predicted molar refractivity (Wildman–Crippen MR) is 101 cm³/mol. The van der Waals surface area contributed by atoms with Crippen LogP contribution in [0.3, 0.4) is 0 Å². The number of rotatable bonds is 5. The monoisotopic (exact) mass is 349 g/mol. The molecule has 1 aromatic carbocycles. The van der Waals surface area contributed by atoms with Crippen LogP contribution in [0.4, 0.5) is 0 Å². The molecular formula is C21H23N3O2. The number of ether oxygens (including phenoxy) is 1. The summed E-state index contributed by atoms with van der Waals surface area (Å²) in [5.74, 6) is 0.0443. The Bertz CT molecular complexity index is 829. The van der Waals surface area contributed by atoms with Crippen molar-refractivity contribution in [2.75, 3.05) is 34.3 Å². The van der Waals surface area contributed by atoms with Crippen molar-refractivity contribution in [1.82, 2.24) is 9.80 Å². The number of ketones is 1. The molecule has 1 aliphatic carbocycles. The number of hydrogen-bond donors (Lipinski definition) is 0. The zero-order valence-electron chi connectivity index (χ0n) is 15.4. The van der Waals surface area contributed by atoms with E-state index in [9.17, 15) is 10.1 Å². The summed E-state index contributed by atoms with van der Waals surface area (Å²) in [5, 5.41) is 9.91. The number of methoxy groups -OCH3 is 1. The van der Waals surface area contributed by atoms with Crippen LogP contribution in [0.25, 0.3) is 5.57 Å². The molecule has 0 spiro atoms. The lowest BCUT2D eigenvalue weighted by Gasteiger charge is -2.34. The molecule has 2 aliphatic rings. The molecule has 0 bridgehead atoms. The first-order chi connectivity index (χ1) is 12.5. The van der Waals surface area contributed by atoms with Crippen molar-refractivity contribution in [3.63, 3.8) is 0 Å². The third-order valence-electron chi connectivity index (χ3n) is 4.66. The fraction of sp³-hybridized carbons (Fsp3) is 0.333. The molecule has 0 saturated heterocycles. The molecule has 1 aliphatic heterocycles. The van der Waals surface area contributed by atoms with Crippen molar-refractivity contribution in [2.24, 2.45) is 0 Å². The van der Waals surface area contributed by atoms with Crippen LogP contribution in [0.1, 0.15) is 12.0 Å². The summed E-state index contributed by atoms with van der Waals surface area (Å²) in [5.41, 5.74) is 4.33. The minimum atomic E-state index is -0.561. The molecule has 0 amide bonds. The first-order valence-corrected chi connectivity index (χ1v) is 8.65. The van der Waals surface area contributed by atoms with E-state index in [1.165, 1.54) is 7.11 Å². The number of carbonyl (C=O) groups is 1. The number of carbonyl (C=O) groups excluding carboxylic acids is 1. The second-order valence-electron chi connectivity index (χ2n) is 6.73. The zero-order valence-corrected chi connectivity index (χ0v) is 15.4. The van der Waals surface area contributed by atoms with E-state index in [0.29, 0.717) is 18.7 Å². The van der Waals surface area contributed by atoms with E-state index in [4.69, 9.17) is 4.74 Å². The molecule has 3 rings (SSSR count). The highest BCUT2D eigenvalue weighted by Crippen LogP contribution is 2.40. The van der Waals surface area contributed by atoms with E-state index in [-0.39, 0.29) is 5.78 Å². The Kier molecular flexibility index (Phi) is 5.36. The van der Waals surface area contributed by atoms with Crippen molar-refractivity contribution in [3.05, 3.63) is 65.0 Å². The van der Waals surface area contributed by atoms with Gasteiger partial charge >= 0.3 is 0 Å². The van der Waals surface area contributed by atoms with Crippen molar-refractivity contribution >= 4 is 11.4 Å². The SMILES string of the molecule is COC1C=C2C(=CN(CCN(C)C)C(C#N)=C2c2ccccc2)CC1=O. The number of allylic oxidation sites excluding steroid dienone is 4. The van der Waals surface area contributed by atoms with Gasteiger partial charge < -0.3 is 14.5 Å². The van der Waals surface area contributed by atoms with Crippen LogP contribution in [0.15, 0.2) is 59.5 Å². The number of nitrogens with zero attached hydrogens (tertiary/aromatic N) is 3. The molecule has 0 fully saturated rings. The summed E-state index contributed by atoms with van der Waals surface area (Å²) in [6.07, 6.45) is 3.55. The molecule has 134 valence electrons. The van der Waals surface area contributed by atoms with Crippen LogP contribution in [-0.4, -0.2) is 56.0 Å². The maximum absolute atomic E-state index is 12.3. The molecule has 0 aromatic heterocycles. The number of fused-ring (bicyclic) bond motifs is 1. The molecule has 0 radical (unpaired) electrons. The predicted octanol–water partition coefficient (Wildman–Crippen LogP) is 2.60. The highest BCUT2D eigenvalue weighted by Gasteiger charge is 2.33. The van der Waals surface area contributed by atoms with Gasteiger partial charge in [-0.2, -0.15) is 5.26 Å². The number of likely N-dealkylation sites (N-methyl/N-ethyl adjacent to an activating group) is 1. The Balaban J connectivity index is 2.15. The van der Waals surface area contributed by atoms with Gasteiger partial charge in [0.25, 0.3) is 0 Å². The number of nitriles is 1. The Morgan fingerprint density at radius 1 is 1.31 bits per heavy atom. The average molecular weight is 349 g/mol. The second kappa shape index (κ2) is 7.69. The standard InChI is InChI=1S/C21H23N3O2/c1-23(2)9-10-24-14-16-11-19(25)20(26-3)12-17(16)21(18(24)13-22)15-7-5-4-6-8-15/h4-8,12,14,20H,9-11H2,1-3H3. The van der Waals surface area contributed by atoms with Crippen LogP contribution in [-0.2, 0) is 9.53 Å². The molecule has 0 N–H and O–H groups in total. The summed E-state index contributed by atoms with van der Waals surface area (Å²) in [6.45, 7) is 1.50. The van der Waals surface area contributed by atoms with E-state index in [2.05, 4.69) is 11.0 Å². The quantitative estimate of drug-likeness (QED) is 0.818. The third-order valence-corrected chi connectivity index (χ3v) is 4.66. The largest absolute Gasteiger partial charge is 0.370 e. The summed E-state index contributed by atoms with van der Waals surface area (Å²) in [4.78, 5) is 16.4. The van der Waals surface area contributed by atoms with Crippen molar-refractivity contribution < 1.29 is 9.53 Å². The zero-order chi connectivity index (χ0) is 18.7. The normalized spacial score (nSPS) is 19.9. The molecule has 5 nitrogen and oxygen atoms in total. The summed E-state index contributed by atoms with van der Waals surface area (Å²) in [7, 11) is 5.55. The van der Waals surface area contributed by atoms with Gasteiger partial charge in [-0.25, -0.2) is 0 Å². The van der Waals surface area contributed by atoms with Gasteiger partial charge in [0.05, 0.1) is 0 Å². The lowest BCUT2D eigenvalue weighted by molar-refractivity contribution is -0.125. The highest BCUT2D eigenvalue weighted by molar-refractivity contribution is 5.98. The fourth-order valence-corrected chi connectivity index (χ4v) is 3.32. The Hall–Kier alpha value is -2.68. The van der Waals surface area contributed by atoms with Crippen LogP contribution in [0.2, 0.25) is 0 Å². The number of Topliss-reactive ketones (excluding diaryl/α,β-unsaturated/α-hetero) is 1. The Morgan fingerprint density at radius 3 is 2.65 bits per heavy atom. The summed E-state index contributed by atoms with van der Waals surface area (Å²) in [6, 6.07) is 12.3. The summed E-state index contributed by atoms with van der Waals surface area (Å²) >= 11 is 0. The highest BCUT2D eigenvalue weighted by atomic mass is 16.5. The van der Waals surface area contributed by atoms with Crippen LogP contribution in [0.5, 0.6) is 0 Å². The van der Waals surface area contributed by atoms with E-state index in [1.54, 1.807) is 0 Å². The average Bonchev–Trinajstić information content (AvgIpc) is 2.65. The van der Waals surface area contributed by atoms with Gasteiger partial charge in [0.2, 0.25) is 0 Å². The van der Waals surface area contributed by atoms with Crippen molar-refractivity contribution in [2.45, 2.75) is 12.5 Å². The van der Waals surface area contributed by atoms with Crippen molar-refractivity contribution in [3.8, 4) is 6.07 Å². The molecule has 1 aromatic rings. The minimum Gasteiger partial charge on any atom is -0.370 e. The summed E-state index contributed by atoms with van der Waals surface area (Å²) < 4.78 is 5.33. The van der Waals surface area contributed by atoms with Gasteiger partial charge in [-0.15, -0.1) is 0 Å². The van der Waals surface area contributed by atoms with E-state index in [0.717, 1.165) is 28.8 Å². The van der Waals surface area contributed by atoms with Crippen LogP contribution in [0, 0.1) is 11.3 Å². The van der Waals surface area contributed by atoms with Gasteiger partial charge in [-0.05, 0) is 36.9 Å². The van der Waals surface area contributed by atoms with Gasteiger partial charge in [0, 0.05) is 38.4 Å². The van der Waals surface area contributed by atoms with Crippen molar-refractivity contribution in [1.29, 1.82) is 5.26 Å². The maximum Gasteiger partial charge on any atom is 0.169 e. The van der Waals surface area contributed by atoms with Crippen LogP contribution >= 0.6 is 0 Å². The molecule has 1 atom stereocenters. The molecule has 1 heterocycles. The van der Waals surface area contributed by atoms with Gasteiger partial charge in [0.1, 0.15) is 17.9 Å². The minimum absolute atomic E-state index is 0.0443. The van der Waals surface area contributed by atoms with E-state index >= 15 is 0 Å². The molecular weight excluding hydrogens is 326 g/mol. The smallest absolute Gasteiger partial charge is 0.169 e. The molecule has 0 saturated carbocycles. The van der Waals surface area contributed by atoms with Gasteiger partial charge in [-0.3, -0.25) is 4.79 Å². The number of benzene rings is 1. The number of hydrogen-bond acceptors (Lipinski definition) is 5. The maximum atomic E-state index is 12.3. The third kappa shape index (κ3) is 3.48. The fourth-order valence-electron chi connectivity index (χ4n) is 3.32. The lowest BCUT2D eigenvalue weighted by Crippen LogP contribution is -2.33. The molecule has 1 unspecified atom stereocenters. The first-order valence-electron chi connectivity index (χ1n) is 8.65. The van der Waals surface area contributed by atoms with Gasteiger partial charge in [0.15, 0.2) is 5.78 Å². The van der Waals surface area contributed by atoms with Crippen LogP contribution < -0.4 is 0 Å².